The predicted molar refractivity (Wildman–Crippen MR) is 86.4 cm³/mol. The molecule has 1 saturated carbocycles. The predicted octanol–water partition coefficient (Wildman–Crippen LogP) is 5.96. The Kier molecular flexibility index (Phi) is 5.65. The molecule has 1 rings (SSSR count). The van der Waals surface area contributed by atoms with E-state index in [0.29, 0.717) is 5.41 Å². The molecule has 1 aliphatic rings. The third kappa shape index (κ3) is 3.46. The van der Waals surface area contributed by atoms with Crippen LogP contribution in [-0.2, 0) is 0 Å². The lowest BCUT2D eigenvalue weighted by atomic mass is 9.58. The van der Waals surface area contributed by atoms with Crippen molar-refractivity contribution in [1.82, 2.24) is 0 Å². The molecule has 1 aliphatic carbocycles. The van der Waals surface area contributed by atoms with Crippen molar-refractivity contribution in [2.75, 3.05) is 0 Å². The van der Waals surface area contributed by atoms with Gasteiger partial charge in [0.15, 0.2) is 0 Å². The van der Waals surface area contributed by atoms with Crippen molar-refractivity contribution in [2.45, 2.75) is 84.8 Å². The van der Waals surface area contributed by atoms with Crippen LogP contribution in [0.15, 0.2) is 0 Å². The molecular weight excluding hydrogens is 236 g/mol. The van der Waals surface area contributed by atoms with E-state index in [1.54, 1.807) is 0 Å². The van der Waals surface area contributed by atoms with Gasteiger partial charge in [-0.25, -0.2) is 0 Å². The Morgan fingerprint density at radius 2 is 1.78 bits per heavy atom. The van der Waals surface area contributed by atoms with Gasteiger partial charge in [-0.15, -0.1) is 0 Å². The number of thiol groups is 1. The van der Waals surface area contributed by atoms with E-state index >= 15 is 0 Å². The highest BCUT2D eigenvalue weighted by Crippen LogP contribution is 2.55. The van der Waals surface area contributed by atoms with Gasteiger partial charge in [-0.1, -0.05) is 60.8 Å². The Balaban J connectivity index is 3.07. The molecule has 0 aromatic carbocycles. The molecule has 0 aromatic heterocycles. The summed E-state index contributed by atoms with van der Waals surface area (Å²) in [5, 5.41) is 0. The highest BCUT2D eigenvalue weighted by molar-refractivity contribution is 7.81. The average Bonchev–Trinajstić information content (AvgIpc) is 2.19. The highest BCUT2D eigenvalue weighted by atomic mass is 32.1. The van der Waals surface area contributed by atoms with E-state index in [-0.39, 0.29) is 4.75 Å². The van der Waals surface area contributed by atoms with Crippen molar-refractivity contribution >= 4 is 12.6 Å². The topological polar surface area (TPSA) is 0 Å². The standard InChI is InChI=1S/C17H34S/c1-13(2)11-17(14(3)4)10-8-7-9-15(5)12-16(17,6)18/h13-15,18H,7-12H2,1-6H3. The van der Waals surface area contributed by atoms with Crippen LogP contribution in [0, 0.1) is 23.2 Å². The van der Waals surface area contributed by atoms with E-state index in [2.05, 4.69) is 41.5 Å². The Bertz CT molecular complexity index is 254. The lowest BCUT2D eigenvalue weighted by molar-refractivity contribution is 0.0565. The molecule has 3 atom stereocenters. The van der Waals surface area contributed by atoms with Crippen LogP contribution < -0.4 is 0 Å². The van der Waals surface area contributed by atoms with Crippen LogP contribution in [0.25, 0.3) is 0 Å². The normalized spacial score (nSPS) is 38.8. The van der Waals surface area contributed by atoms with Crippen LogP contribution in [0.4, 0.5) is 0 Å². The SMILES string of the molecule is CC(C)CC1(C(C)C)CCCCC(C)CC1(C)S. The van der Waals surface area contributed by atoms with Crippen molar-refractivity contribution in [3.63, 3.8) is 0 Å². The zero-order chi connectivity index (χ0) is 14.0. The molecule has 0 aliphatic heterocycles. The van der Waals surface area contributed by atoms with Gasteiger partial charge in [0.25, 0.3) is 0 Å². The van der Waals surface area contributed by atoms with Crippen LogP contribution >= 0.6 is 12.6 Å². The van der Waals surface area contributed by atoms with Crippen LogP contribution in [-0.4, -0.2) is 4.75 Å². The van der Waals surface area contributed by atoms with Gasteiger partial charge in [-0.2, -0.15) is 12.6 Å². The zero-order valence-electron chi connectivity index (χ0n) is 13.4. The Morgan fingerprint density at radius 1 is 1.17 bits per heavy atom. The van der Waals surface area contributed by atoms with Gasteiger partial charge in [0.2, 0.25) is 0 Å². The lowest BCUT2D eigenvalue weighted by Gasteiger charge is -2.53. The summed E-state index contributed by atoms with van der Waals surface area (Å²) in [7, 11) is 0. The second-order valence-electron chi connectivity index (χ2n) is 7.74. The van der Waals surface area contributed by atoms with E-state index in [1.165, 1.54) is 38.5 Å². The molecule has 0 bridgehead atoms. The lowest BCUT2D eigenvalue weighted by Crippen LogP contribution is -2.48. The molecule has 0 nitrogen and oxygen atoms in total. The first-order chi connectivity index (χ1) is 8.21. The highest BCUT2D eigenvalue weighted by Gasteiger charge is 2.48. The first kappa shape index (κ1) is 16.4. The summed E-state index contributed by atoms with van der Waals surface area (Å²) in [5.74, 6) is 2.33. The summed E-state index contributed by atoms with van der Waals surface area (Å²) < 4.78 is 0.186. The van der Waals surface area contributed by atoms with Gasteiger partial charge in [-0.3, -0.25) is 0 Å². The molecule has 18 heavy (non-hydrogen) atoms. The van der Waals surface area contributed by atoms with Gasteiger partial charge in [0.1, 0.15) is 0 Å². The fourth-order valence-electron chi connectivity index (χ4n) is 4.38. The van der Waals surface area contributed by atoms with Gasteiger partial charge >= 0.3 is 0 Å². The molecule has 0 radical (unpaired) electrons. The molecule has 0 N–H and O–H groups in total. The van der Waals surface area contributed by atoms with Gasteiger partial charge in [0, 0.05) is 4.75 Å². The van der Waals surface area contributed by atoms with Crippen LogP contribution in [0.2, 0.25) is 0 Å². The van der Waals surface area contributed by atoms with E-state index in [1.807, 2.05) is 0 Å². The maximum absolute atomic E-state index is 5.19. The fraction of sp³-hybridized carbons (Fsp3) is 1.00. The second-order valence-corrected chi connectivity index (χ2v) is 8.72. The maximum Gasteiger partial charge on any atom is 0.0163 e. The Hall–Kier alpha value is 0.350. The summed E-state index contributed by atoms with van der Waals surface area (Å²) in [6, 6.07) is 0. The van der Waals surface area contributed by atoms with E-state index in [4.69, 9.17) is 12.6 Å². The first-order valence-corrected chi connectivity index (χ1v) is 8.38. The zero-order valence-corrected chi connectivity index (χ0v) is 14.3. The Labute approximate surface area is 121 Å². The third-order valence-corrected chi connectivity index (χ3v) is 5.89. The number of hydrogen-bond donors (Lipinski definition) is 1. The minimum absolute atomic E-state index is 0.186. The molecule has 0 saturated heterocycles. The first-order valence-electron chi connectivity index (χ1n) is 7.93. The van der Waals surface area contributed by atoms with Gasteiger partial charge < -0.3 is 0 Å². The average molecular weight is 271 g/mol. The molecule has 0 spiro atoms. The van der Waals surface area contributed by atoms with Crippen molar-refractivity contribution in [3.8, 4) is 0 Å². The van der Waals surface area contributed by atoms with Gasteiger partial charge in [-0.05, 0) is 42.4 Å². The molecule has 0 heterocycles. The summed E-state index contributed by atoms with van der Waals surface area (Å²) >= 11 is 5.19. The fourth-order valence-corrected chi connectivity index (χ4v) is 5.16. The third-order valence-electron chi connectivity index (χ3n) is 5.27. The maximum atomic E-state index is 5.19. The number of rotatable bonds is 3. The van der Waals surface area contributed by atoms with Crippen LogP contribution in [0.5, 0.6) is 0 Å². The van der Waals surface area contributed by atoms with Crippen LogP contribution in [0.3, 0.4) is 0 Å². The molecule has 3 unspecified atom stereocenters. The van der Waals surface area contributed by atoms with Crippen molar-refractivity contribution in [3.05, 3.63) is 0 Å². The molecule has 108 valence electrons. The number of hydrogen-bond acceptors (Lipinski definition) is 1. The van der Waals surface area contributed by atoms with E-state index < -0.39 is 0 Å². The summed E-state index contributed by atoms with van der Waals surface area (Å²) in [6.45, 7) is 14.4. The molecule has 0 aromatic rings. The van der Waals surface area contributed by atoms with E-state index in [0.717, 1.165) is 17.8 Å². The summed E-state index contributed by atoms with van der Waals surface area (Å²) in [5.41, 5.74) is 0.416. The summed E-state index contributed by atoms with van der Waals surface area (Å²) in [6.07, 6.45) is 8.18. The van der Waals surface area contributed by atoms with Crippen molar-refractivity contribution in [1.29, 1.82) is 0 Å². The van der Waals surface area contributed by atoms with Crippen molar-refractivity contribution < 1.29 is 0 Å². The van der Waals surface area contributed by atoms with Gasteiger partial charge in [0.05, 0.1) is 0 Å². The second kappa shape index (κ2) is 6.20. The monoisotopic (exact) mass is 270 g/mol. The smallest absolute Gasteiger partial charge is 0.0163 e. The quantitative estimate of drug-likeness (QED) is 0.601. The summed E-state index contributed by atoms with van der Waals surface area (Å²) in [4.78, 5) is 0. The van der Waals surface area contributed by atoms with Crippen molar-refractivity contribution in [2.24, 2.45) is 23.2 Å². The van der Waals surface area contributed by atoms with E-state index in [9.17, 15) is 0 Å². The molecule has 1 heteroatoms. The minimum Gasteiger partial charge on any atom is -0.172 e. The van der Waals surface area contributed by atoms with Crippen LogP contribution in [0.1, 0.15) is 80.1 Å². The minimum atomic E-state index is 0.186. The molecular formula is C17H34S. The largest absolute Gasteiger partial charge is 0.172 e. The molecule has 0 amide bonds. The Morgan fingerprint density at radius 3 is 2.28 bits per heavy atom. The molecule has 1 fully saturated rings.